The van der Waals surface area contributed by atoms with Crippen LogP contribution in [0.4, 0.5) is 0 Å². The van der Waals surface area contributed by atoms with Crippen molar-refractivity contribution in [2.75, 3.05) is 0 Å². The van der Waals surface area contributed by atoms with Crippen molar-refractivity contribution in [1.82, 2.24) is 9.78 Å². The van der Waals surface area contributed by atoms with Crippen molar-refractivity contribution in [1.29, 1.82) is 0 Å². The summed E-state index contributed by atoms with van der Waals surface area (Å²) in [5.74, 6) is 0. The van der Waals surface area contributed by atoms with Crippen molar-refractivity contribution >= 4 is 0 Å². The Morgan fingerprint density at radius 2 is 1.95 bits per heavy atom. The van der Waals surface area contributed by atoms with Gasteiger partial charge >= 0.3 is 0 Å². The lowest BCUT2D eigenvalue weighted by molar-refractivity contribution is 0.377. The lowest BCUT2D eigenvalue weighted by Crippen LogP contribution is -2.41. The van der Waals surface area contributed by atoms with Gasteiger partial charge in [-0.1, -0.05) is 37.3 Å². The van der Waals surface area contributed by atoms with E-state index in [1.807, 2.05) is 24.0 Å². The van der Waals surface area contributed by atoms with Crippen molar-refractivity contribution in [2.45, 2.75) is 38.1 Å². The summed E-state index contributed by atoms with van der Waals surface area (Å²) in [6.45, 7) is 2.17. The SMILES string of the molecule is CCC(N)(CCc1cnn(C)c1)Cc1ccccc1. The van der Waals surface area contributed by atoms with E-state index in [0.717, 1.165) is 25.7 Å². The Kier molecular flexibility index (Phi) is 4.38. The molecule has 0 radical (unpaired) electrons. The van der Waals surface area contributed by atoms with Crippen LogP contribution in [0.25, 0.3) is 0 Å². The molecule has 2 N–H and O–H groups in total. The van der Waals surface area contributed by atoms with E-state index in [-0.39, 0.29) is 5.54 Å². The predicted octanol–water partition coefficient (Wildman–Crippen LogP) is 2.70. The molecule has 102 valence electrons. The van der Waals surface area contributed by atoms with Crippen molar-refractivity contribution < 1.29 is 0 Å². The van der Waals surface area contributed by atoms with Gasteiger partial charge < -0.3 is 5.73 Å². The largest absolute Gasteiger partial charge is 0.325 e. The molecule has 0 aliphatic rings. The van der Waals surface area contributed by atoms with Crippen LogP contribution in [-0.2, 0) is 19.9 Å². The van der Waals surface area contributed by atoms with E-state index in [4.69, 9.17) is 5.73 Å². The Bertz CT molecular complexity index is 504. The average molecular weight is 257 g/mol. The minimum atomic E-state index is -0.128. The summed E-state index contributed by atoms with van der Waals surface area (Å²) in [7, 11) is 1.95. The van der Waals surface area contributed by atoms with Gasteiger partial charge in [0.15, 0.2) is 0 Å². The Morgan fingerprint density at radius 3 is 2.53 bits per heavy atom. The van der Waals surface area contributed by atoms with Crippen LogP contribution in [0.2, 0.25) is 0 Å². The van der Waals surface area contributed by atoms with E-state index in [9.17, 15) is 0 Å². The molecule has 1 unspecified atom stereocenters. The normalized spacial score (nSPS) is 14.3. The molecule has 0 saturated carbocycles. The second-order valence-corrected chi connectivity index (χ2v) is 5.40. The number of rotatable bonds is 6. The van der Waals surface area contributed by atoms with Crippen molar-refractivity contribution in [3.8, 4) is 0 Å². The van der Waals surface area contributed by atoms with Gasteiger partial charge in [-0.25, -0.2) is 0 Å². The van der Waals surface area contributed by atoms with E-state index >= 15 is 0 Å². The van der Waals surface area contributed by atoms with Crippen LogP contribution in [0.5, 0.6) is 0 Å². The van der Waals surface area contributed by atoms with Crippen LogP contribution >= 0.6 is 0 Å². The molecule has 0 fully saturated rings. The van der Waals surface area contributed by atoms with Gasteiger partial charge in [-0.2, -0.15) is 5.10 Å². The number of hydrogen-bond acceptors (Lipinski definition) is 2. The molecule has 1 aromatic carbocycles. The summed E-state index contributed by atoms with van der Waals surface area (Å²) in [5.41, 5.74) is 9.01. The monoisotopic (exact) mass is 257 g/mol. The van der Waals surface area contributed by atoms with Gasteiger partial charge in [0.2, 0.25) is 0 Å². The molecule has 19 heavy (non-hydrogen) atoms. The van der Waals surface area contributed by atoms with Crippen LogP contribution in [0.3, 0.4) is 0 Å². The number of aryl methyl sites for hydroxylation is 2. The molecule has 0 aliphatic heterocycles. The molecular formula is C16H23N3. The zero-order valence-electron chi connectivity index (χ0n) is 11.8. The van der Waals surface area contributed by atoms with Gasteiger partial charge in [0.05, 0.1) is 6.20 Å². The maximum Gasteiger partial charge on any atom is 0.0521 e. The maximum atomic E-state index is 6.56. The number of hydrogen-bond donors (Lipinski definition) is 1. The van der Waals surface area contributed by atoms with Gasteiger partial charge in [-0.05, 0) is 36.8 Å². The molecule has 0 spiro atoms. The summed E-state index contributed by atoms with van der Waals surface area (Å²) < 4.78 is 1.84. The Labute approximate surface area is 115 Å². The third kappa shape index (κ3) is 3.93. The molecule has 1 atom stereocenters. The number of nitrogens with zero attached hydrogens (tertiary/aromatic N) is 2. The Morgan fingerprint density at radius 1 is 1.21 bits per heavy atom. The first kappa shape index (κ1) is 13.8. The van der Waals surface area contributed by atoms with Crippen LogP contribution in [0, 0.1) is 0 Å². The molecule has 1 heterocycles. The third-order valence-corrected chi connectivity index (χ3v) is 3.77. The highest BCUT2D eigenvalue weighted by atomic mass is 15.2. The fraction of sp³-hybridized carbons (Fsp3) is 0.438. The molecule has 1 aromatic heterocycles. The van der Waals surface area contributed by atoms with E-state index < -0.39 is 0 Å². The van der Waals surface area contributed by atoms with Gasteiger partial charge in [0, 0.05) is 18.8 Å². The molecular weight excluding hydrogens is 234 g/mol. The van der Waals surface area contributed by atoms with Crippen molar-refractivity contribution in [3.05, 3.63) is 53.9 Å². The van der Waals surface area contributed by atoms with Gasteiger partial charge in [-0.15, -0.1) is 0 Å². The fourth-order valence-electron chi connectivity index (χ4n) is 2.39. The first-order valence-corrected chi connectivity index (χ1v) is 6.92. The van der Waals surface area contributed by atoms with Crippen LogP contribution < -0.4 is 5.73 Å². The second kappa shape index (κ2) is 6.02. The highest BCUT2D eigenvalue weighted by Gasteiger charge is 2.23. The fourth-order valence-corrected chi connectivity index (χ4v) is 2.39. The number of benzene rings is 1. The zero-order chi connectivity index (χ0) is 13.7. The van der Waals surface area contributed by atoms with E-state index in [1.165, 1.54) is 11.1 Å². The zero-order valence-corrected chi connectivity index (χ0v) is 11.8. The highest BCUT2D eigenvalue weighted by Crippen LogP contribution is 2.20. The van der Waals surface area contributed by atoms with E-state index in [2.05, 4.69) is 42.5 Å². The topological polar surface area (TPSA) is 43.8 Å². The summed E-state index contributed by atoms with van der Waals surface area (Å²) in [6, 6.07) is 10.5. The lowest BCUT2D eigenvalue weighted by Gasteiger charge is -2.28. The van der Waals surface area contributed by atoms with Gasteiger partial charge in [0.1, 0.15) is 0 Å². The van der Waals surface area contributed by atoms with Crippen molar-refractivity contribution in [3.63, 3.8) is 0 Å². The van der Waals surface area contributed by atoms with E-state index in [0.29, 0.717) is 0 Å². The Hall–Kier alpha value is -1.61. The van der Waals surface area contributed by atoms with Crippen LogP contribution in [0.1, 0.15) is 30.9 Å². The summed E-state index contributed by atoms with van der Waals surface area (Å²) in [6.07, 6.45) is 7.90. The predicted molar refractivity (Wildman–Crippen MR) is 78.9 cm³/mol. The Balaban J connectivity index is 1.97. The molecule has 0 amide bonds. The second-order valence-electron chi connectivity index (χ2n) is 5.40. The first-order valence-electron chi connectivity index (χ1n) is 6.92. The third-order valence-electron chi connectivity index (χ3n) is 3.77. The van der Waals surface area contributed by atoms with Crippen LogP contribution in [-0.4, -0.2) is 15.3 Å². The summed E-state index contributed by atoms with van der Waals surface area (Å²) >= 11 is 0. The van der Waals surface area contributed by atoms with Crippen molar-refractivity contribution in [2.24, 2.45) is 12.8 Å². The molecule has 3 nitrogen and oxygen atoms in total. The molecule has 3 heteroatoms. The molecule has 0 aliphatic carbocycles. The molecule has 0 bridgehead atoms. The summed E-state index contributed by atoms with van der Waals surface area (Å²) in [5, 5.41) is 4.20. The highest BCUT2D eigenvalue weighted by molar-refractivity contribution is 5.18. The molecule has 2 rings (SSSR count). The van der Waals surface area contributed by atoms with Gasteiger partial charge in [0.25, 0.3) is 0 Å². The number of nitrogens with two attached hydrogens (primary N) is 1. The smallest absolute Gasteiger partial charge is 0.0521 e. The standard InChI is InChI=1S/C16H23N3/c1-3-16(17,11-14-7-5-4-6-8-14)10-9-15-12-18-19(2)13-15/h4-8,12-13H,3,9-11,17H2,1-2H3. The molecule has 0 saturated heterocycles. The molecule has 2 aromatic rings. The maximum absolute atomic E-state index is 6.56. The van der Waals surface area contributed by atoms with Gasteiger partial charge in [-0.3, -0.25) is 4.68 Å². The van der Waals surface area contributed by atoms with E-state index in [1.54, 1.807) is 0 Å². The quantitative estimate of drug-likeness (QED) is 0.864. The average Bonchev–Trinajstić information content (AvgIpc) is 2.84. The number of aromatic nitrogens is 2. The minimum absolute atomic E-state index is 0.128. The lowest BCUT2D eigenvalue weighted by atomic mass is 9.84. The minimum Gasteiger partial charge on any atom is -0.325 e. The summed E-state index contributed by atoms with van der Waals surface area (Å²) in [4.78, 5) is 0. The first-order chi connectivity index (χ1) is 9.11. The van der Waals surface area contributed by atoms with Crippen LogP contribution in [0.15, 0.2) is 42.7 Å².